The number of sulfonamides is 1. The number of hydrogen-bond acceptors (Lipinski definition) is 6. The second-order valence-electron chi connectivity index (χ2n) is 7.59. The average molecular weight is 450 g/mol. The van der Waals surface area contributed by atoms with Gasteiger partial charge in [0.2, 0.25) is 16.0 Å². The van der Waals surface area contributed by atoms with E-state index in [9.17, 15) is 22.7 Å². The van der Waals surface area contributed by atoms with Gasteiger partial charge in [-0.25, -0.2) is 27.1 Å². The molecule has 0 saturated heterocycles. The zero-order valence-corrected chi connectivity index (χ0v) is 19.1. The van der Waals surface area contributed by atoms with Gasteiger partial charge in [-0.15, -0.1) is 0 Å². The molecule has 0 radical (unpaired) electrons. The molecule has 9 heteroatoms. The van der Waals surface area contributed by atoms with Crippen molar-refractivity contribution in [1.29, 1.82) is 0 Å². The van der Waals surface area contributed by atoms with Crippen LogP contribution in [0.4, 0.5) is 10.3 Å². The maximum atomic E-state index is 13.5. The monoisotopic (exact) mass is 449 g/mol. The van der Waals surface area contributed by atoms with E-state index in [-0.39, 0.29) is 24.1 Å². The Morgan fingerprint density at radius 1 is 1.23 bits per heavy atom. The van der Waals surface area contributed by atoms with Crippen molar-refractivity contribution < 1.29 is 22.7 Å². The number of hydrogen-bond donors (Lipinski definition) is 1. The summed E-state index contributed by atoms with van der Waals surface area (Å²) >= 11 is 0. The van der Waals surface area contributed by atoms with E-state index < -0.39 is 21.9 Å². The molecular formula is C22H28FN3O4S. The van der Waals surface area contributed by atoms with Gasteiger partial charge in [-0.3, -0.25) is 4.79 Å². The van der Waals surface area contributed by atoms with Gasteiger partial charge in [0.15, 0.2) is 0 Å². The van der Waals surface area contributed by atoms with Crippen molar-refractivity contribution >= 4 is 27.8 Å². The summed E-state index contributed by atoms with van der Waals surface area (Å²) in [7, 11) is -2.25. The number of aliphatic hydroxyl groups excluding tert-OH is 1. The summed E-state index contributed by atoms with van der Waals surface area (Å²) in [5.74, 6) is -0.602. The molecule has 0 saturated carbocycles. The molecule has 31 heavy (non-hydrogen) atoms. The molecule has 7 nitrogen and oxygen atoms in total. The zero-order valence-electron chi connectivity index (χ0n) is 18.3. The van der Waals surface area contributed by atoms with Crippen LogP contribution in [-0.4, -0.2) is 48.7 Å². The van der Waals surface area contributed by atoms with Crippen molar-refractivity contribution in [2.45, 2.75) is 45.6 Å². The Hall–Kier alpha value is -2.65. The average Bonchev–Trinajstić information content (AvgIpc) is 2.70. The highest BCUT2D eigenvalue weighted by molar-refractivity contribution is 7.92. The molecule has 1 atom stereocenters. The maximum Gasteiger partial charge on any atom is 0.239 e. The Kier molecular flexibility index (Phi) is 8.02. The Morgan fingerprint density at radius 2 is 1.84 bits per heavy atom. The van der Waals surface area contributed by atoms with Gasteiger partial charge in [0.25, 0.3) is 0 Å². The number of aromatic nitrogens is 2. The minimum absolute atomic E-state index is 0.00828. The summed E-state index contributed by atoms with van der Waals surface area (Å²) in [5.41, 5.74) is 2.09. The minimum atomic E-state index is -3.61. The number of nitrogens with zero attached hydrogens (tertiary/aromatic N) is 3. The topological polar surface area (TPSA) is 100 Å². The second-order valence-corrected chi connectivity index (χ2v) is 9.60. The molecule has 0 aliphatic carbocycles. The molecule has 0 aliphatic heterocycles. The first-order valence-electron chi connectivity index (χ1n) is 9.93. The summed E-state index contributed by atoms with van der Waals surface area (Å²) in [5, 5.41) is 10.2. The lowest BCUT2D eigenvalue weighted by Gasteiger charge is -2.20. The lowest BCUT2D eigenvalue weighted by molar-refractivity contribution is -0.120. The molecule has 0 unspecified atom stereocenters. The molecule has 0 spiro atoms. The van der Waals surface area contributed by atoms with E-state index in [1.165, 1.54) is 25.3 Å². The summed E-state index contributed by atoms with van der Waals surface area (Å²) < 4.78 is 38.6. The Balaban J connectivity index is 2.70. The Bertz CT molecular complexity index is 1070. The fraction of sp³-hybridized carbons (Fsp3) is 0.409. The number of ketones is 1. The number of rotatable bonds is 9. The molecule has 2 rings (SSSR count). The maximum absolute atomic E-state index is 13.5. The van der Waals surface area contributed by atoms with E-state index in [0.717, 1.165) is 10.6 Å². The highest BCUT2D eigenvalue weighted by Crippen LogP contribution is 2.31. The molecular weight excluding hydrogens is 421 g/mol. The number of halogens is 1. The van der Waals surface area contributed by atoms with Crippen LogP contribution in [0.5, 0.6) is 0 Å². The first-order chi connectivity index (χ1) is 14.4. The first-order valence-corrected chi connectivity index (χ1v) is 11.8. The van der Waals surface area contributed by atoms with Gasteiger partial charge >= 0.3 is 0 Å². The molecule has 0 fully saturated rings. The molecule has 0 bridgehead atoms. The smallest absolute Gasteiger partial charge is 0.239 e. The molecule has 0 aliphatic rings. The predicted molar refractivity (Wildman–Crippen MR) is 120 cm³/mol. The standard InChI is InChI=1S/C22H28FN3O4S/c1-6-17(27)13-18(28)11-12-19-20(14(2)3)24-22(26(4)31(5,29)30)25-21(19)15-7-9-16(23)10-8-15/h7-12,14,18,28H,6,13H2,1-5H3/b12-11+/t18-/m1/s1. The molecule has 1 aromatic heterocycles. The fourth-order valence-corrected chi connectivity index (χ4v) is 3.23. The summed E-state index contributed by atoms with van der Waals surface area (Å²) in [6.07, 6.45) is 3.52. The highest BCUT2D eigenvalue weighted by atomic mass is 32.2. The van der Waals surface area contributed by atoms with Crippen molar-refractivity contribution in [1.82, 2.24) is 9.97 Å². The number of carbonyl (C=O) groups excluding carboxylic acids is 1. The highest BCUT2D eigenvalue weighted by Gasteiger charge is 2.22. The van der Waals surface area contributed by atoms with Crippen LogP contribution in [0, 0.1) is 5.82 Å². The lowest BCUT2D eigenvalue weighted by Crippen LogP contribution is -2.27. The third-order valence-electron chi connectivity index (χ3n) is 4.72. The number of Topliss-reactive ketones (excluding diaryl/α,β-unsaturated/α-hetero) is 1. The molecule has 1 aromatic carbocycles. The van der Waals surface area contributed by atoms with Crippen molar-refractivity contribution in [3.05, 3.63) is 47.4 Å². The molecule has 0 amide bonds. The molecule has 168 valence electrons. The van der Waals surface area contributed by atoms with Gasteiger partial charge in [0.05, 0.1) is 23.7 Å². The number of aliphatic hydroxyl groups is 1. The predicted octanol–water partition coefficient (Wildman–Crippen LogP) is 3.55. The normalized spacial score (nSPS) is 13.0. The second kappa shape index (κ2) is 10.1. The summed E-state index contributed by atoms with van der Waals surface area (Å²) in [6.45, 7) is 5.53. The number of benzene rings is 1. The first kappa shape index (κ1) is 24.6. The van der Waals surface area contributed by atoms with Gasteiger partial charge in [-0.2, -0.15) is 0 Å². The van der Waals surface area contributed by atoms with Crippen LogP contribution in [0.2, 0.25) is 0 Å². The number of carbonyl (C=O) groups is 1. The molecule has 2 aromatic rings. The fourth-order valence-electron chi connectivity index (χ4n) is 2.85. The van der Waals surface area contributed by atoms with E-state index in [2.05, 4.69) is 9.97 Å². The van der Waals surface area contributed by atoms with Gasteiger partial charge in [0, 0.05) is 31.0 Å². The van der Waals surface area contributed by atoms with Crippen molar-refractivity contribution in [3.8, 4) is 11.3 Å². The lowest BCUT2D eigenvalue weighted by atomic mass is 9.97. The van der Waals surface area contributed by atoms with Gasteiger partial charge in [-0.1, -0.05) is 32.9 Å². The van der Waals surface area contributed by atoms with Crippen LogP contribution in [0.25, 0.3) is 17.3 Å². The van der Waals surface area contributed by atoms with E-state index >= 15 is 0 Å². The van der Waals surface area contributed by atoms with Crippen LogP contribution in [0.3, 0.4) is 0 Å². The third kappa shape index (κ3) is 6.41. The van der Waals surface area contributed by atoms with Gasteiger partial charge in [0.1, 0.15) is 11.6 Å². The summed E-state index contributed by atoms with van der Waals surface area (Å²) in [6, 6.07) is 5.66. The van der Waals surface area contributed by atoms with Crippen molar-refractivity contribution in [2.75, 3.05) is 17.6 Å². The molecule has 1 heterocycles. The van der Waals surface area contributed by atoms with Crippen LogP contribution >= 0.6 is 0 Å². The summed E-state index contributed by atoms with van der Waals surface area (Å²) in [4.78, 5) is 20.5. The van der Waals surface area contributed by atoms with Crippen LogP contribution in [-0.2, 0) is 14.8 Å². The van der Waals surface area contributed by atoms with Crippen LogP contribution in [0.15, 0.2) is 30.3 Å². The van der Waals surface area contributed by atoms with Crippen molar-refractivity contribution in [3.63, 3.8) is 0 Å². The Morgan fingerprint density at radius 3 is 2.35 bits per heavy atom. The number of anilines is 1. The van der Waals surface area contributed by atoms with E-state index in [1.54, 1.807) is 25.1 Å². The zero-order chi connectivity index (χ0) is 23.3. The van der Waals surface area contributed by atoms with Gasteiger partial charge in [-0.05, 0) is 30.2 Å². The SMILES string of the molecule is CCC(=O)C[C@H](O)/C=C/c1c(-c2ccc(F)cc2)nc(N(C)S(C)(=O)=O)nc1C(C)C. The largest absolute Gasteiger partial charge is 0.389 e. The van der Waals surface area contributed by atoms with Gasteiger partial charge < -0.3 is 5.11 Å². The minimum Gasteiger partial charge on any atom is -0.389 e. The van der Waals surface area contributed by atoms with E-state index in [0.29, 0.717) is 28.9 Å². The Labute approximate surface area is 182 Å². The van der Waals surface area contributed by atoms with Crippen LogP contribution in [0.1, 0.15) is 50.8 Å². The quantitative estimate of drug-likeness (QED) is 0.628. The van der Waals surface area contributed by atoms with Crippen molar-refractivity contribution in [2.24, 2.45) is 0 Å². The molecule has 1 N–H and O–H groups in total. The van der Waals surface area contributed by atoms with E-state index in [4.69, 9.17) is 0 Å². The third-order valence-corrected chi connectivity index (χ3v) is 5.88. The van der Waals surface area contributed by atoms with E-state index in [1.807, 2.05) is 13.8 Å². The van der Waals surface area contributed by atoms with Crippen LogP contribution < -0.4 is 4.31 Å².